The lowest BCUT2D eigenvalue weighted by atomic mass is 10.2. The van der Waals surface area contributed by atoms with Crippen LogP contribution >= 0.6 is 0 Å². The third-order valence-electron chi connectivity index (χ3n) is 4.41. The first-order valence-electron chi connectivity index (χ1n) is 9.69. The van der Waals surface area contributed by atoms with E-state index in [0.717, 1.165) is 45.1 Å². The lowest BCUT2D eigenvalue weighted by Crippen LogP contribution is -2.44. The van der Waals surface area contributed by atoms with E-state index in [1.54, 1.807) is 0 Å². The Morgan fingerprint density at radius 3 is 2.29 bits per heavy atom. The molecule has 1 saturated heterocycles. The molecule has 0 bridgehead atoms. The Labute approximate surface area is 149 Å². The summed E-state index contributed by atoms with van der Waals surface area (Å²) in [5, 5.41) is 6.75. The Morgan fingerprint density at radius 1 is 0.958 bits per heavy atom. The fourth-order valence-corrected chi connectivity index (χ4v) is 2.69. The van der Waals surface area contributed by atoms with Crippen LogP contribution in [0.2, 0.25) is 0 Å². The highest BCUT2D eigenvalue weighted by atomic mass is 16.5. The molecule has 0 aromatic rings. The van der Waals surface area contributed by atoms with Crippen LogP contribution < -0.4 is 10.6 Å². The normalized spacial score (nSPS) is 17.2. The topological polar surface area (TPSA) is 52.1 Å². The van der Waals surface area contributed by atoms with Crippen molar-refractivity contribution in [2.75, 3.05) is 73.1 Å². The Balaban J connectivity index is 1.92. The van der Waals surface area contributed by atoms with Crippen LogP contribution in [0.5, 0.6) is 0 Å². The van der Waals surface area contributed by atoms with Crippen molar-refractivity contribution in [2.24, 2.45) is 4.99 Å². The molecule has 0 spiro atoms. The number of aliphatic imine (C=N–C) groups is 1. The number of piperazine rings is 1. The second-order valence-corrected chi connectivity index (χ2v) is 6.60. The van der Waals surface area contributed by atoms with Gasteiger partial charge in [-0.15, -0.1) is 0 Å². The molecule has 0 saturated carbocycles. The summed E-state index contributed by atoms with van der Waals surface area (Å²) < 4.78 is 5.56. The van der Waals surface area contributed by atoms with Crippen LogP contribution in [0.25, 0.3) is 0 Å². The number of guanidine groups is 1. The minimum absolute atomic E-state index is 0.828. The summed E-state index contributed by atoms with van der Waals surface area (Å²) in [4.78, 5) is 9.25. The van der Waals surface area contributed by atoms with E-state index in [1.165, 1.54) is 52.0 Å². The summed E-state index contributed by atoms with van der Waals surface area (Å²) in [6.45, 7) is 11.9. The van der Waals surface area contributed by atoms with Gasteiger partial charge in [-0.25, -0.2) is 0 Å². The standard InChI is InChI=1S/C18H39N5O/c1-4-5-16-24-17-8-10-21-18(19-2)20-9-6-7-11-23-14-12-22(3)13-15-23/h4-17H2,1-3H3,(H2,19,20,21). The van der Waals surface area contributed by atoms with Crippen molar-refractivity contribution >= 4 is 5.96 Å². The Hall–Kier alpha value is -0.850. The molecular formula is C18H39N5O. The summed E-state index contributed by atoms with van der Waals surface area (Å²) in [7, 11) is 4.04. The maximum Gasteiger partial charge on any atom is 0.190 e. The molecule has 0 aromatic heterocycles. The van der Waals surface area contributed by atoms with E-state index in [1.807, 2.05) is 7.05 Å². The summed E-state index contributed by atoms with van der Waals surface area (Å²) in [6.07, 6.45) is 5.81. The zero-order chi connectivity index (χ0) is 17.5. The average molecular weight is 342 g/mol. The van der Waals surface area contributed by atoms with Crippen molar-refractivity contribution in [3.05, 3.63) is 0 Å². The van der Waals surface area contributed by atoms with Crippen LogP contribution in [0.1, 0.15) is 39.0 Å². The number of nitrogens with one attached hydrogen (secondary N) is 2. The molecule has 0 amide bonds. The van der Waals surface area contributed by atoms with Gasteiger partial charge in [-0.2, -0.15) is 0 Å². The van der Waals surface area contributed by atoms with Gasteiger partial charge >= 0.3 is 0 Å². The molecule has 1 fully saturated rings. The van der Waals surface area contributed by atoms with Crippen molar-refractivity contribution in [3.8, 4) is 0 Å². The zero-order valence-corrected chi connectivity index (χ0v) is 16.1. The van der Waals surface area contributed by atoms with Crippen molar-refractivity contribution in [2.45, 2.75) is 39.0 Å². The maximum atomic E-state index is 5.56. The van der Waals surface area contributed by atoms with Crippen LogP contribution in [-0.4, -0.2) is 88.9 Å². The Bertz CT molecular complexity index is 317. The van der Waals surface area contributed by atoms with Crippen molar-refractivity contribution in [1.82, 2.24) is 20.4 Å². The maximum absolute atomic E-state index is 5.56. The van der Waals surface area contributed by atoms with Gasteiger partial charge in [0, 0.05) is 59.5 Å². The largest absolute Gasteiger partial charge is 0.381 e. The SMILES string of the molecule is CCCCOCCCNC(=NC)NCCCCN1CCN(C)CC1. The third kappa shape index (κ3) is 10.8. The van der Waals surface area contributed by atoms with Gasteiger partial charge < -0.3 is 25.2 Å². The number of hydrogen-bond acceptors (Lipinski definition) is 4. The number of unbranched alkanes of at least 4 members (excludes halogenated alkanes) is 2. The second-order valence-electron chi connectivity index (χ2n) is 6.60. The van der Waals surface area contributed by atoms with Crippen LogP contribution in [0.4, 0.5) is 0 Å². The molecular weight excluding hydrogens is 302 g/mol. The smallest absolute Gasteiger partial charge is 0.190 e. The molecule has 142 valence electrons. The molecule has 24 heavy (non-hydrogen) atoms. The number of hydrogen-bond donors (Lipinski definition) is 2. The zero-order valence-electron chi connectivity index (χ0n) is 16.1. The third-order valence-corrected chi connectivity index (χ3v) is 4.41. The molecule has 1 aliphatic rings. The van der Waals surface area contributed by atoms with Crippen LogP contribution in [0.3, 0.4) is 0 Å². The Morgan fingerprint density at radius 2 is 1.62 bits per heavy atom. The van der Waals surface area contributed by atoms with Gasteiger partial charge in [0.15, 0.2) is 5.96 Å². The van der Waals surface area contributed by atoms with E-state index >= 15 is 0 Å². The first-order chi connectivity index (χ1) is 11.8. The summed E-state index contributed by atoms with van der Waals surface area (Å²) in [6, 6.07) is 0. The van der Waals surface area contributed by atoms with Gasteiger partial charge in [-0.3, -0.25) is 4.99 Å². The monoisotopic (exact) mass is 341 g/mol. The molecule has 6 nitrogen and oxygen atoms in total. The number of rotatable bonds is 12. The molecule has 1 aliphatic heterocycles. The van der Waals surface area contributed by atoms with Crippen LogP contribution in [0, 0.1) is 0 Å². The molecule has 0 aromatic carbocycles. The molecule has 1 rings (SSSR count). The van der Waals surface area contributed by atoms with Crippen molar-refractivity contribution in [1.29, 1.82) is 0 Å². The van der Waals surface area contributed by atoms with Gasteiger partial charge in [0.1, 0.15) is 0 Å². The van der Waals surface area contributed by atoms with Crippen molar-refractivity contribution < 1.29 is 4.74 Å². The highest BCUT2D eigenvalue weighted by Gasteiger charge is 2.12. The molecule has 0 radical (unpaired) electrons. The lowest BCUT2D eigenvalue weighted by Gasteiger charge is -2.32. The number of nitrogens with zero attached hydrogens (tertiary/aromatic N) is 3. The fourth-order valence-electron chi connectivity index (χ4n) is 2.69. The summed E-state index contributed by atoms with van der Waals surface area (Å²) >= 11 is 0. The molecule has 0 atom stereocenters. The van der Waals surface area contributed by atoms with Gasteiger partial charge in [0.25, 0.3) is 0 Å². The first kappa shape index (κ1) is 21.2. The van der Waals surface area contributed by atoms with E-state index in [2.05, 4.69) is 39.4 Å². The fraction of sp³-hybridized carbons (Fsp3) is 0.944. The molecule has 1 heterocycles. The van der Waals surface area contributed by atoms with E-state index in [-0.39, 0.29) is 0 Å². The molecule has 2 N–H and O–H groups in total. The number of ether oxygens (including phenoxy) is 1. The molecule has 0 unspecified atom stereocenters. The van der Waals surface area contributed by atoms with Crippen LogP contribution in [-0.2, 0) is 4.74 Å². The Kier molecular flexibility index (Phi) is 12.8. The number of likely N-dealkylation sites (N-methyl/N-ethyl adjacent to an activating group) is 1. The van der Waals surface area contributed by atoms with E-state index in [9.17, 15) is 0 Å². The molecule has 0 aliphatic carbocycles. The highest BCUT2D eigenvalue weighted by molar-refractivity contribution is 5.79. The van der Waals surface area contributed by atoms with Gasteiger partial charge in [0.2, 0.25) is 0 Å². The minimum atomic E-state index is 0.828. The average Bonchev–Trinajstić information content (AvgIpc) is 2.60. The predicted octanol–water partition coefficient (Wildman–Crippen LogP) is 1.39. The minimum Gasteiger partial charge on any atom is -0.381 e. The summed E-state index contributed by atoms with van der Waals surface area (Å²) in [5.74, 6) is 0.906. The van der Waals surface area contributed by atoms with E-state index in [0.29, 0.717) is 0 Å². The van der Waals surface area contributed by atoms with Gasteiger partial charge in [-0.1, -0.05) is 13.3 Å². The van der Waals surface area contributed by atoms with Gasteiger partial charge in [0.05, 0.1) is 0 Å². The van der Waals surface area contributed by atoms with Crippen LogP contribution in [0.15, 0.2) is 4.99 Å². The first-order valence-corrected chi connectivity index (χ1v) is 9.69. The predicted molar refractivity (Wildman–Crippen MR) is 103 cm³/mol. The highest BCUT2D eigenvalue weighted by Crippen LogP contribution is 2.01. The lowest BCUT2D eigenvalue weighted by molar-refractivity contribution is 0.129. The summed E-state index contributed by atoms with van der Waals surface area (Å²) in [5.41, 5.74) is 0. The molecule has 6 heteroatoms. The van der Waals surface area contributed by atoms with E-state index in [4.69, 9.17) is 4.74 Å². The second kappa shape index (κ2) is 14.5. The van der Waals surface area contributed by atoms with Gasteiger partial charge in [-0.05, 0) is 39.3 Å². The quantitative estimate of drug-likeness (QED) is 0.319. The van der Waals surface area contributed by atoms with Crippen molar-refractivity contribution in [3.63, 3.8) is 0 Å². The van der Waals surface area contributed by atoms with E-state index < -0.39 is 0 Å².